The Labute approximate surface area is 135 Å². The molecule has 0 spiro atoms. The minimum Gasteiger partial charge on any atom is -0.351 e. The van der Waals surface area contributed by atoms with E-state index in [-0.39, 0.29) is 11.7 Å². The summed E-state index contributed by atoms with van der Waals surface area (Å²) in [4.78, 5) is 21.7. The summed E-state index contributed by atoms with van der Waals surface area (Å²) in [7, 11) is 1.80. The molecular formula is C16H24N6O. The molecule has 1 aliphatic carbocycles. The Bertz CT molecular complexity index is 752. The van der Waals surface area contributed by atoms with E-state index in [4.69, 9.17) is 4.98 Å². The molecule has 0 amide bonds. The van der Waals surface area contributed by atoms with Crippen molar-refractivity contribution in [2.24, 2.45) is 7.05 Å². The number of fused-ring (bicyclic) bond motifs is 1. The van der Waals surface area contributed by atoms with E-state index in [2.05, 4.69) is 15.6 Å². The number of aromatic nitrogens is 4. The topological polar surface area (TPSA) is 76.8 Å². The van der Waals surface area contributed by atoms with Crippen LogP contribution in [0.5, 0.6) is 0 Å². The Morgan fingerprint density at radius 3 is 2.70 bits per heavy atom. The summed E-state index contributed by atoms with van der Waals surface area (Å²) >= 11 is 0. The highest BCUT2D eigenvalue weighted by atomic mass is 16.1. The van der Waals surface area contributed by atoms with Crippen molar-refractivity contribution in [2.45, 2.75) is 50.6 Å². The minimum atomic E-state index is 0.0280. The first-order chi connectivity index (χ1) is 11.2. The quantitative estimate of drug-likeness (QED) is 0.895. The molecule has 0 atom stereocenters. The summed E-state index contributed by atoms with van der Waals surface area (Å²) in [5, 5.41) is 6.79. The van der Waals surface area contributed by atoms with Gasteiger partial charge < -0.3 is 10.6 Å². The first-order valence-corrected chi connectivity index (χ1v) is 8.65. The van der Waals surface area contributed by atoms with Crippen LogP contribution in [0.15, 0.2) is 11.0 Å². The van der Waals surface area contributed by atoms with Gasteiger partial charge in [0.05, 0.1) is 6.20 Å². The van der Waals surface area contributed by atoms with E-state index in [9.17, 15) is 4.79 Å². The van der Waals surface area contributed by atoms with Gasteiger partial charge in [-0.3, -0.25) is 9.13 Å². The molecule has 7 heteroatoms. The van der Waals surface area contributed by atoms with Gasteiger partial charge in [0.1, 0.15) is 5.52 Å². The van der Waals surface area contributed by atoms with Crippen LogP contribution in [0.25, 0.3) is 11.2 Å². The van der Waals surface area contributed by atoms with Crippen molar-refractivity contribution in [3.8, 4) is 0 Å². The predicted molar refractivity (Wildman–Crippen MR) is 89.8 cm³/mol. The average Bonchev–Trinajstić information content (AvgIpc) is 3.17. The molecule has 0 bridgehead atoms. The van der Waals surface area contributed by atoms with Crippen molar-refractivity contribution < 1.29 is 0 Å². The summed E-state index contributed by atoms with van der Waals surface area (Å²) in [5.74, 6) is 0.641. The van der Waals surface area contributed by atoms with Crippen LogP contribution in [-0.4, -0.2) is 38.2 Å². The number of hydrogen-bond acceptors (Lipinski definition) is 5. The van der Waals surface area contributed by atoms with E-state index >= 15 is 0 Å². The lowest BCUT2D eigenvalue weighted by Gasteiger charge is -2.23. The van der Waals surface area contributed by atoms with E-state index in [1.807, 2.05) is 4.57 Å². The van der Waals surface area contributed by atoms with Gasteiger partial charge in [0.15, 0.2) is 5.65 Å². The maximum absolute atomic E-state index is 12.6. The third-order valence-corrected chi connectivity index (χ3v) is 5.19. The van der Waals surface area contributed by atoms with E-state index in [1.165, 1.54) is 12.8 Å². The third-order valence-electron chi connectivity index (χ3n) is 5.19. The van der Waals surface area contributed by atoms with E-state index in [0.29, 0.717) is 12.0 Å². The number of hydrogen-bond donors (Lipinski definition) is 2. The Morgan fingerprint density at radius 2 is 1.96 bits per heavy atom. The number of aryl methyl sites for hydroxylation is 1. The Morgan fingerprint density at radius 1 is 1.22 bits per heavy atom. The molecule has 2 N–H and O–H groups in total. The molecule has 4 rings (SSSR count). The van der Waals surface area contributed by atoms with Crippen molar-refractivity contribution in [3.63, 3.8) is 0 Å². The van der Waals surface area contributed by atoms with Crippen LogP contribution in [-0.2, 0) is 7.05 Å². The second-order valence-electron chi connectivity index (χ2n) is 6.72. The standard InChI is InChI=1S/C16H24N6O/c1-21-13-10-18-15(19-11-6-8-17-9-7-11)20-14(13)22(16(21)23)12-4-2-3-5-12/h10-12,17H,2-9H2,1H3,(H,18,19,20). The minimum absolute atomic E-state index is 0.0280. The van der Waals surface area contributed by atoms with Gasteiger partial charge in [-0.2, -0.15) is 4.98 Å². The van der Waals surface area contributed by atoms with Crippen molar-refractivity contribution in [1.29, 1.82) is 0 Å². The second-order valence-corrected chi connectivity index (χ2v) is 6.72. The molecule has 2 fully saturated rings. The maximum atomic E-state index is 12.6. The number of rotatable bonds is 3. The first-order valence-electron chi connectivity index (χ1n) is 8.65. The first kappa shape index (κ1) is 14.7. The van der Waals surface area contributed by atoms with Gasteiger partial charge in [-0.25, -0.2) is 9.78 Å². The molecule has 2 aliphatic rings. The fourth-order valence-corrected chi connectivity index (χ4v) is 3.85. The van der Waals surface area contributed by atoms with Gasteiger partial charge >= 0.3 is 5.69 Å². The number of nitrogens with one attached hydrogen (secondary N) is 2. The van der Waals surface area contributed by atoms with Crippen LogP contribution in [0.2, 0.25) is 0 Å². The Kier molecular flexibility index (Phi) is 3.80. The molecule has 7 nitrogen and oxygen atoms in total. The molecule has 23 heavy (non-hydrogen) atoms. The number of imidazole rings is 1. The van der Waals surface area contributed by atoms with E-state index < -0.39 is 0 Å². The molecule has 2 aromatic heterocycles. The Balaban J connectivity index is 1.71. The highest BCUT2D eigenvalue weighted by molar-refractivity contribution is 5.72. The smallest absolute Gasteiger partial charge is 0.330 e. The molecule has 1 aliphatic heterocycles. The molecule has 3 heterocycles. The average molecular weight is 316 g/mol. The monoisotopic (exact) mass is 316 g/mol. The van der Waals surface area contributed by atoms with Crippen LogP contribution in [0.4, 0.5) is 5.95 Å². The predicted octanol–water partition coefficient (Wildman–Crippen LogP) is 1.41. The summed E-state index contributed by atoms with van der Waals surface area (Å²) in [5.41, 5.74) is 1.62. The number of piperidine rings is 1. The Hall–Kier alpha value is -1.89. The highest BCUT2D eigenvalue weighted by Gasteiger charge is 2.24. The zero-order valence-electron chi connectivity index (χ0n) is 13.6. The lowest BCUT2D eigenvalue weighted by atomic mass is 10.1. The maximum Gasteiger partial charge on any atom is 0.330 e. The summed E-state index contributed by atoms with van der Waals surface area (Å²) in [6, 6.07) is 0.692. The van der Waals surface area contributed by atoms with E-state index in [1.54, 1.807) is 17.8 Å². The van der Waals surface area contributed by atoms with Crippen LogP contribution >= 0.6 is 0 Å². The van der Waals surface area contributed by atoms with E-state index in [0.717, 1.165) is 49.9 Å². The molecule has 1 saturated heterocycles. The van der Waals surface area contributed by atoms with Gasteiger partial charge in [0, 0.05) is 19.1 Å². The van der Waals surface area contributed by atoms with Crippen molar-refractivity contribution in [3.05, 3.63) is 16.7 Å². The highest BCUT2D eigenvalue weighted by Crippen LogP contribution is 2.30. The zero-order chi connectivity index (χ0) is 15.8. The van der Waals surface area contributed by atoms with Gasteiger partial charge in [-0.1, -0.05) is 12.8 Å². The second kappa shape index (κ2) is 5.96. The molecule has 0 aromatic carbocycles. The lowest BCUT2D eigenvalue weighted by Crippen LogP contribution is -2.35. The molecule has 0 radical (unpaired) electrons. The van der Waals surface area contributed by atoms with Gasteiger partial charge in [-0.05, 0) is 38.8 Å². The van der Waals surface area contributed by atoms with Crippen LogP contribution < -0.4 is 16.3 Å². The van der Waals surface area contributed by atoms with Gasteiger partial charge in [-0.15, -0.1) is 0 Å². The van der Waals surface area contributed by atoms with Crippen LogP contribution in [0, 0.1) is 0 Å². The summed E-state index contributed by atoms with van der Waals surface area (Å²) in [6.07, 6.45) is 8.45. The normalized spacial score (nSPS) is 20.4. The fourth-order valence-electron chi connectivity index (χ4n) is 3.85. The molecule has 124 valence electrons. The molecular weight excluding hydrogens is 292 g/mol. The largest absolute Gasteiger partial charge is 0.351 e. The molecule has 0 unspecified atom stereocenters. The van der Waals surface area contributed by atoms with Gasteiger partial charge in [0.25, 0.3) is 0 Å². The lowest BCUT2D eigenvalue weighted by molar-refractivity contribution is 0.477. The molecule has 1 saturated carbocycles. The number of nitrogens with zero attached hydrogens (tertiary/aromatic N) is 4. The fraction of sp³-hybridized carbons (Fsp3) is 0.688. The zero-order valence-corrected chi connectivity index (χ0v) is 13.6. The van der Waals surface area contributed by atoms with Crippen LogP contribution in [0.3, 0.4) is 0 Å². The van der Waals surface area contributed by atoms with Crippen molar-refractivity contribution >= 4 is 17.1 Å². The summed E-state index contributed by atoms with van der Waals surface area (Å²) < 4.78 is 3.56. The molecule has 2 aromatic rings. The SMILES string of the molecule is Cn1c(=O)n(C2CCCC2)c2nc(NC3CCNCC3)ncc21. The van der Waals surface area contributed by atoms with Gasteiger partial charge in [0.2, 0.25) is 5.95 Å². The summed E-state index contributed by atoms with van der Waals surface area (Å²) in [6.45, 7) is 2.05. The van der Waals surface area contributed by atoms with Crippen molar-refractivity contribution in [2.75, 3.05) is 18.4 Å². The van der Waals surface area contributed by atoms with Crippen LogP contribution in [0.1, 0.15) is 44.6 Å². The van der Waals surface area contributed by atoms with Crippen molar-refractivity contribution in [1.82, 2.24) is 24.4 Å². The number of anilines is 1. The third kappa shape index (κ3) is 2.63.